The molecule has 1 amide bonds. The summed E-state index contributed by atoms with van der Waals surface area (Å²) in [5, 5.41) is 4.72. The van der Waals surface area contributed by atoms with Crippen LogP contribution in [0.2, 0.25) is 0 Å². The lowest BCUT2D eigenvalue weighted by molar-refractivity contribution is 0.0686. The third kappa shape index (κ3) is 3.47. The summed E-state index contributed by atoms with van der Waals surface area (Å²) in [4.78, 5) is 19.0. The van der Waals surface area contributed by atoms with Crippen LogP contribution in [0, 0.1) is 12.8 Å². The number of rotatable bonds is 4. The van der Waals surface area contributed by atoms with Crippen molar-refractivity contribution >= 4 is 17.0 Å². The molecule has 0 spiro atoms. The number of carbonyl (C=O) groups is 1. The van der Waals surface area contributed by atoms with Crippen molar-refractivity contribution in [3.8, 4) is 0 Å². The molecule has 0 aliphatic carbocycles. The quantitative estimate of drug-likeness (QED) is 0.714. The molecule has 5 nitrogen and oxygen atoms in total. The van der Waals surface area contributed by atoms with Crippen molar-refractivity contribution in [3.05, 3.63) is 59.4 Å². The summed E-state index contributed by atoms with van der Waals surface area (Å²) in [6.45, 7) is 3.50. The second kappa shape index (κ2) is 7.28. The van der Waals surface area contributed by atoms with Crippen LogP contribution in [-0.2, 0) is 6.42 Å². The molecule has 1 aromatic carbocycles. The smallest absolute Gasteiger partial charge is 0.257 e. The van der Waals surface area contributed by atoms with Gasteiger partial charge in [-0.25, -0.2) is 4.98 Å². The molecular formula is C21H23N3O2. The number of fused-ring (bicyclic) bond motifs is 1. The summed E-state index contributed by atoms with van der Waals surface area (Å²) in [7, 11) is 0. The van der Waals surface area contributed by atoms with Crippen molar-refractivity contribution in [2.75, 3.05) is 13.1 Å². The number of carbonyl (C=O) groups excluding carboxylic acids is 1. The number of aryl methyl sites for hydroxylation is 2. The van der Waals surface area contributed by atoms with Gasteiger partial charge < -0.3 is 9.42 Å². The van der Waals surface area contributed by atoms with Crippen LogP contribution in [0.1, 0.15) is 40.9 Å². The molecule has 1 aliphatic heterocycles. The van der Waals surface area contributed by atoms with Gasteiger partial charge in [-0.05, 0) is 50.2 Å². The van der Waals surface area contributed by atoms with Crippen LogP contribution in [0.25, 0.3) is 11.1 Å². The zero-order chi connectivity index (χ0) is 17.9. The first kappa shape index (κ1) is 16.8. The van der Waals surface area contributed by atoms with Gasteiger partial charge in [-0.3, -0.25) is 4.79 Å². The van der Waals surface area contributed by atoms with E-state index in [0.29, 0.717) is 17.2 Å². The van der Waals surface area contributed by atoms with E-state index >= 15 is 0 Å². The number of aromatic nitrogens is 2. The van der Waals surface area contributed by atoms with E-state index in [1.54, 1.807) is 6.20 Å². The van der Waals surface area contributed by atoms with Crippen LogP contribution in [0.3, 0.4) is 0 Å². The van der Waals surface area contributed by atoms with Crippen molar-refractivity contribution in [1.29, 1.82) is 0 Å². The molecule has 134 valence electrons. The number of nitrogens with zero attached hydrogens (tertiary/aromatic N) is 3. The van der Waals surface area contributed by atoms with E-state index in [1.165, 1.54) is 12.0 Å². The molecule has 5 heteroatoms. The monoisotopic (exact) mass is 349 g/mol. The summed E-state index contributed by atoms with van der Waals surface area (Å²) < 4.78 is 5.12. The van der Waals surface area contributed by atoms with Gasteiger partial charge >= 0.3 is 0 Å². The molecule has 3 heterocycles. The van der Waals surface area contributed by atoms with Gasteiger partial charge in [0.05, 0.1) is 16.6 Å². The number of amides is 1. The van der Waals surface area contributed by atoms with E-state index in [-0.39, 0.29) is 5.91 Å². The van der Waals surface area contributed by atoms with E-state index in [9.17, 15) is 4.79 Å². The minimum Gasteiger partial charge on any atom is -0.339 e. The Labute approximate surface area is 153 Å². The second-order valence-corrected chi connectivity index (χ2v) is 7.10. The van der Waals surface area contributed by atoms with Crippen molar-refractivity contribution in [2.24, 2.45) is 5.92 Å². The Morgan fingerprint density at radius 3 is 2.77 bits per heavy atom. The van der Waals surface area contributed by atoms with Crippen molar-refractivity contribution in [3.63, 3.8) is 0 Å². The maximum absolute atomic E-state index is 12.8. The zero-order valence-electron chi connectivity index (χ0n) is 15.0. The highest BCUT2D eigenvalue weighted by molar-refractivity contribution is 5.97. The largest absolute Gasteiger partial charge is 0.339 e. The number of hydrogen-bond acceptors (Lipinski definition) is 4. The molecule has 0 radical (unpaired) electrons. The molecule has 1 fully saturated rings. The molecule has 1 saturated heterocycles. The van der Waals surface area contributed by atoms with Crippen molar-refractivity contribution in [1.82, 2.24) is 15.0 Å². The summed E-state index contributed by atoms with van der Waals surface area (Å²) in [6.07, 6.45) is 6.05. The van der Waals surface area contributed by atoms with Gasteiger partial charge in [0.1, 0.15) is 0 Å². The van der Waals surface area contributed by atoms with Crippen molar-refractivity contribution in [2.45, 2.75) is 32.6 Å². The van der Waals surface area contributed by atoms with Gasteiger partial charge in [-0.2, -0.15) is 0 Å². The third-order valence-electron chi connectivity index (χ3n) is 5.34. The fourth-order valence-electron chi connectivity index (χ4n) is 3.68. The maximum Gasteiger partial charge on any atom is 0.257 e. The molecule has 0 unspecified atom stereocenters. The molecule has 0 N–H and O–H groups in total. The predicted molar refractivity (Wildman–Crippen MR) is 99.9 cm³/mol. The molecule has 4 rings (SSSR count). The van der Waals surface area contributed by atoms with Crippen LogP contribution >= 0.6 is 0 Å². The first-order chi connectivity index (χ1) is 12.7. The highest BCUT2D eigenvalue weighted by atomic mass is 16.5. The summed E-state index contributed by atoms with van der Waals surface area (Å²) in [5.41, 5.74) is 3.27. The fourth-order valence-corrected chi connectivity index (χ4v) is 3.68. The Morgan fingerprint density at radius 2 is 2.00 bits per heavy atom. The Kier molecular flexibility index (Phi) is 4.69. The summed E-state index contributed by atoms with van der Waals surface area (Å²) in [5.74, 6) is 0.752. The zero-order valence-corrected chi connectivity index (χ0v) is 15.0. The van der Waals surface area contributed by atoms with Gasteiger partial charge in [0.25, 0.3) is 11.6 Å². The molecular weight excluding hydrogens is 326 g/mol. The number of pyridine rings is 1. The molecule has 0 saturated carbocycles. The number of piperidine rings is 1. The first-order valence-electron chi connectivity index (χ1n) is 9.26. The lowest BCUT2D eigenvalue weighted by Gasteiger charge is -2.32. The van der Waals surface area contributed by atoms with Crippen LogP contribution < -0.4 is 0 Å². The Hall–Kier alpha value is -2.69. The summed E-state index contributed by atoms with van der Waals surface area (Å²) in [6, 6.07) is 12.5. The Bertz CT molecular complexity index is 896. The predicted octanol–water partition coefficient (Wildman–Crippen LogP) is 4.02. The van der Waals surface area contributed by atoms with Crippen LogP contribution in [0.4, 0.5) is 0 Å². The lowest BCUT2D eigenvalue weighted by atomic mass is 9.90. The van der Waals surface area contributed by atoms with Gasteiger partial charge in [-0.15, -0.1) is 0 Å². The van der Waals surface area contributed by atoms with Crippen LogP contribution in [0.5, 0.6) is 0 Å². The van der Waals surface area contributed by atoms with Gasteiger partial charge in [-0.1, -0.05) is 35.5 Å². The highest BCUT2D eigenvalue weighted by Crippen LogP contribution is 2.24. The van der Waals surface area contributed by atoms with E-state index in [0.717, 1.165) is 43.4 Å². The Morgan fingerprint density at radius 1 is 1.23 bits per heavy atom. The third-order valence-corrected chi connectivity index (χ3v) is 5.34. The topological polar surface area (TPSA) is 59.2 Å². The van der Waals surface area contributed by atoms with Crippen LogP contribution in [-0.4, -0.2) is 34.0 Å². The molecule has 2 aromatic heterocycles. The van der Waals surface area contributed by atoms with Crippen LogP contribution in [0.15, 0.2) is 47.1 Å². The molecule has 26 heavy (non-hydrogen) atoms. The standard InChI is InChI=1S/C21H23N3O2/c1-15-19-13-18(14-22-20(19)26-23-15)21(25)24-11-9-17(10-12-24)8-7-16-5-3-2-4-6-16/h2-6,13-14,17H,7-12H2,1H3. The molecule has 0 atom stereocenters. The molecule has 0 bridgehead atoms. The lowest BCUT2D eigenvalue weighted by Crippen LogP contribution is -2.38. The average Bonchev–Trinajstić information content (AvgIpc) is 3.07. The first-order valence-corrected chi connectivity index (χ1v) is 9.26. The normalized spacial score (nSPS) is 15.5. The molecule has 3 aromatic rings. The van der Waals surface area contributed by atoms with E-state index in [2.05, 4.69) is 40.5 Å². The number of benzene rings is 1. The summed E-state index contributed by atoms with van der Waals surface area (Å²) >= 11 is 0. The minimum absolute atomic E-state index is 0.0570. The van der Waals surface area contributed by atoms with Crippen molar-refractivity contribution < 1.29 is 9.32 Å². The average molecular weight is 349 g/mol. The minimum atomic E-state index is 0.0570. The van der Waals surface area contributed by atoms with Gasteiger partial charge in [0, 0.05) is 19.3 Å². The Balaban J connectivity index is 1.34. The van der Waals surface area contributed by atoms with Gasteiger partial charge in [0.15, 0.2) is 0 Å². The maximum atomic E-state index is 12.8. The van der Waals surface area contributed by atoms with E-state index in [4.69, 9.17) is 4.52 Å². The number of likely N-dealkylation sites (tertiary alicyclic amines) is 1. The highest BCUT2D eigenvalue weighted by Gasteiger charge is 2.24. The fraction of sp³-hybridized carbons (Fsp3) is 0.381. The SMILES string of the molecule is Cc1noc2ncc(C(=O)N3CCC(CCc4ccccc4)CC3)cc12. The number of hydrogen-bond donors (Lipinski definition) is 0. The van der Waals surface area contributed by atoms with Gasteiger partial charge in [0.2, 0.25) is 0 Å². The van der Waals surface area contributed by atoms with E-state index in [1.807, 2.05) is 17.9 Å². The second-order valence-electron chi connectivity index (χ2n) is 7.10. The van der Waals surface area contributed by atoms with E-state index < -0.39 is 0 Å². The molecule has 1 aliphatic rings.